The fourth-order valence-corrected chi connectivity index (χ4v) is 1.52. The quantitative estimate of drug-likeness (QED) is 0.736. The zero-order chi connectivity index (χ0) is 12.0. The number of hydrogen-bond donors (Lipinski definition) is 2. The number of aromatic nitrogens is 2. The summed E-state index contributed by atoms with van der Waals surface area (Å²) in [5, 5.41) is 10.2. The minimum Gasteiger partial charge on any atom is -0.350 e. The summed E-state index contributed by atoms with van der Waals surface area (Å²) in [5.74, 6) is 0.0547. The van der Waals surface area contributed by atoms with Gasteiger partial charge in [-0.2, -0.15) is 5.10 Å². The van der Waals surface area contributed by atoms with Crippen LogP contribution in [0.3, 0.4) is 0 Å². The fourth-order valence-electron chi connectivity index (χ4n) is 1.52. The Morgan fingerprint density at radius 2 is 2.38 bits per heavy atom. The number of amides is 1. The van der Waals surface area contributed by atoms with Crippen LogP contribution >= 0.6 is 0 Å². The molecule has 0 aliphatic carbocycles. The van der Waals surface area contributed by atoms with Gasteiger partial charge in [0, 0.05) is 25.7 Å². The lowest BCUT2D eigenvalue weighted by atomic mass is 10.2. The Morgan fingerprint density at radius 3 is 2.94 bits per heavy atom. The molecule has 0 spiro atoms. The van der Waals surface area contributed by atoms with E-state index in [0.29, 0.717) is 13.0 Å². The van der Waals surface area contributed by atoms with E-state index in [1.807, 2.05) is 33.2 Å². The molecule has 2 N–H and O–H groups in total. The number of nitrogens with zero attached hydrogens (tertiary/aromatic N) is 2. The summed E-state index contributed by atoms with van der Waals surface area (Å²) in [5.41, 5.74) is 0.881. The van der Waals surface area contributed by atoms with Crippen LogP contribution in [0.25, 0.3) is 0 Å². The van der Waals surface area contributed by atoms with Crippen molar-refractivity contribution in [3.8, 4) is 0 Å². The third-order valence-corrected chi connectivity index (χ3v) is 2.28. The zero-order valence-corrected chi connectivity index (χ0v) is 10.2. The van der Waals surface area contributed by atoms with E-state index in [2.05, 4.69) is 15.7 Å². The number of carbonyl (C=O) groups is 1. The molecule has 1 unspecified atom stereocenters. The van der Waals surface area contributed by atoms with Crippen molar-refractivity contribution in [3.05, 3.63) is 18.0 Å². The number of carbonyl (C=O) groups excluding carboxylic acids is 1. The van der Waals surface area contributed by atoms with Crippen LogP contribution in [-0.2, 0) is 18.4 Å². The maximum Gasteiger partial charge on any atom is 0.221 e. The van der Waals surface area contributed by atoms with E-state index in [9.17, 15) is 4.79 Å². The Labute approximate surface area is 96.2 Å². The molecule has 0 radical (unpaired) electrons. The second-order valence-corrected chi connectivity index (χ2v) is 3.92. The van der Waals surface area contributed by atoms with Crippen LogP contribution in [0, 0.1) is 0 Å². The first-order chi connectivity index (χ1) is 7.61. The van der Waals surface area contributed by atoms with E-state index in [4.69, 9.17) is 0 Å². The molecule has 0 aromatic carbocycles. The molecule has 0 bridgehead atoms. The standard InChI is InChI=1S/C11H20N4O/c1-4-12-9(2)7-11(16)13-8-10-5-6-15(3)14-10/h5-6,9,12H,4,7-8H2,1-3H3,(H,13,16). The van der Waals surface area contributed by atoms with E-state index in [0.717, 1.165) is 12.2 Å². The molecule has 90 valence electrons. The molecule has 1 atom stereocenters. The molecule has 0 aliphatic rings. The van der Waals surface area contributed by atoms with E-state index in [1.165, 1.54) is 0 Å². The van der Waals surface area contributed by atoms with Gasteiger partial charge in [-0.1, -0.05) is 6.92 Å². The largest absolute Gasteiger partial charge is 0.350 e. The van der Waals surface area contributed by atoms with Gasteiger partial charge in [0.05, 0.1) is 12.2 Å². The Morgan fingerprint density at radius 1 is 1.62 bits per heavy atom. The average Bonchev–Trinajstić information content (AvgIpc) is 2.61. The summed E-state index contributed by atoms with van der Waals surface area (Å²) in [6.45, 7) is 5.42. The number of nitrogens with one attached hydrogen (secondary N) is 2. The van der Waals surface area contributed by atoms with Crippen LogP contribution in [0.5, 0.6) is 0 Å². The normalized spacial score (nSPS) is 12.4. The van der Waals surface area contributed by atoms with Gasteiger partial charge in [-0.3, -0.25) is 9.48 Å². The molecule has 16 heavy (non-hydrogen) atoms. The van der Waals surface area contributed by atoms with Crippen LogP contribution in [0.1, 0.15) is 26.0 Å². The van der Waals surface area contributed by atoms with Gasteiger partial charge in [-0.25, -0.2) is 0 Å². The van der Waals surface area contributed by atoms with E-state index in [1.54, 1.807) is 4.68 Å². The van der Waals surface area contributed by atoms with Crippen molar-refractivity contribution in [3.63, 3.8) is 0 Å². The van der Waals surface area contributed by atoms with Crippen molar-refractivity contribution in [2.75, 3.05) is 6.54 Å². The van der Waals surface area contributed by atoms with Gasteiger partial charge >= 0.3 is 0 Å². The first kappa shape index (κ1) is 12.7. The summed E-state index contributed by atoms with van der Waals surface area (Å²) in [7, 11) is 1.86. The van der Waals surface area contributed by atoms with Crippen LogP contribution < -0.4 is 10.6 Å². The number of aryl methyl sites for hydroxylation is 1. The lowest BCUT2D eigenvalue weighted by Gasteiger charge is -2.11. The van der Waals surface area contributed by atoms with Crippen molar-refractivity contribution in [1.82, 2.24) is 20.4 Å². The molecule has 1 aromatic rings. The van der Waals surface area contributed by atoms with E-state index < -0.39 is 0 Å². The molecule has 0 saturated heterocycles. The van der Waals surface area contributed by atoms with Crippen molar-refractivity contribution in [2.24, 2.45) is 7.05 Å². The molecule has 1 heterocycles. The predicted molar refractivity (Wildman–Crippen MR) is 62.8 cm³/mol. The summed E-state index contributed by atoms with van der Waals surface area (Å²) in [4.78, 5) is 11.5. The van der Waals surface area contributed by atoms with Gasteiger partial charge in [0.15, 0.2) is 0 Å². The zero-order valence-electron chi connectivity index (χ0n) is 10.2. The van der Waals surface area contributed by atoms with Crippen molar-refractivity contribution in [1.29, 1.82) is 0 Å². The lowest BCUT2D eigenvalue weighted by Crippen LogP contribution is -2.33. The minimum absolute atomic E-state index is 0.0547. The van der Waals surface area contributed by atoms with Crippen LogP contribution in [0.2, 0.25) is 0 Å². The maximum atomic E-state index is 11.5. The van der Waals surface area contributed by atoms with Crippen LogP contribution in [-0.4, -0.2) is 28.3 Å². The first-order valence-electron chi connectivity index (χ1n) is 5.60. The molecule has 5 heteroatoms. The molecule has 1 aromatic heterocycles. The van der Waals surface area contributed by atoms with Crippen LogP contribution in [0.4, 0.5) is 0 Å². The minimum atomic E-state index is 0.0547. The highest BCUT2D eigenvalue weighted by atomic mass is 16.1. The smallest absolute Gasteiger partial charge is 0.221 e. The summed E-state index contributed by atoms with van der Waals surface area (Å²) in [6.07, 6.45) is 2.36. The van der Waals surface area contributed by atoms with Crippen molar-refractivity contribution >= 4 is 5.91 Å². The Balaban J connectivity index is 2.25. The van der Waals surface area contributed by atoms with Crippen molar-refractivity contribution in [2.45, 2.75) is 32.9 Å². The molecule has 0 saturated carbocycles. The van der Waals surface area contributed by atoms with Crippen molar-refractivity contribution < 1.29 is 4.79 Å². The number of hydrogen-bond acceptors (Lipinski definition) is 3. The Bertz CT molecular complexity index is 334. The number of rotatable bonds is 6. The summed E-state index contributed by atoms with van der Waals surface area (Å²) in [6, 6.07) is 2.11. The Kier molecular flexibility index (Phi) is 4.98. The fraction of sp³-hybridized carbons (Fsp3) is 0.636. The van der Waals surface area contributed by atoms with E-state index >= 15 is 0 Å². The molecule has 0 aliphatic heterocycles. The molecule has 0 fully saturated rings. The summed E-state index contributed by atoms with van der Waals surface area (Å²) >= 11 is 0. The summed E-state index contributed by atoms with van der Waals surface area (Å²) < 4.78 is 1.72. The monoisotopic (exact) mass is 224 g/mol. The highest BCUT2D eigenvalue weighted by molar-refractivity contribution is 5.76. The topological polar surface area (TPSA) is 59.0 Å². The van der Waals surface area contributed by atoms with Crippen LogP contribution in [0.15, 0.2) is 12.3 Å². The second-order valence-electron chi connectivity index (χ2n) is 3.92. The van der Waals surface area contributed by atoms with Gasteiger partial charge in [-0.05, 0) is 19.5 Å². The van der Waals surface area contributed by atoms with Gasteiger partial charge in [0.2, 0.25) is 5.91 Å². The highest BCUT2D eigenvalue weighted by Gasteiger charge is 2.07. The molecule has 5 nitrogen and oxygen atoms in total. The SMILES string of the molecule is CCNC(C)CC(=O)NCc1ccn(C)n1. The van der Waals surface area contributed by atoms with Gasteiger partial charge in [-0.15, -0.1) is 0 Å². The predicted octanol–water partition coefficient (Wildman–Crippen LogP) is 0.424. The molecular weight excluding hydrogens is 204 g/mol. The third kappa shape index (κ3) is 4.44. The van der Waals surface area contributed by atoms with Gasteiger partial charge < -0.3 is 10.6 Å². The maximum absolute atomic E-state index is 11.5. The van der Waals surface area contributed by atoms with Gasteiger partial charge in [0.1, 0.15) is 0 Å². The molecule has 1 rings (SSSR count). The molecule has 1 amide bonds. The lowest BCUT2D eigenvalue weighted by molar-refractivity contribution is -0.121. The molecular formula is C11H20N4O. The second kappa shape index (κ2) is 6.27. The highest BCUT2D eigenvalue weighted by Crippen LogP contribution is 1.95. The van der Waals surface area contributed by atoms with E-state index in [-0.39, 0.29) is 11.9 Å². The van der Waals surface area contributed by atoms with Gasteiger partial charge in [0.25, 0.3) is 0 Å². The third-order valence-electron chi connectivity index (χ3n) is 2.28. The Hall–Kier alpha value is -1.36. The average molecular weight is 224 g/mol. The first-order valence-corrected chi connectivity index (χ1v) is 5.60.